The molecule has 2 aromatic carbocycles. The second kappa shape index (κ2) is 6.74. The zero-order valence-electron chi connectivity index (χ0n) is 11.7. The number of nitrogens with zero attached hydrogens (tertiary/aromatic N) is 2. The number of rotatable bonds is 4. The van der Waals surface area contributed by atoms with E-state index in [-0.39, 0.29) is 5.56 Å². The van der Waals surface area contributed by atoms with Crippen molar-refractivity contribution >= 4 is 12.4 Å². The maximum absolute atomic E-state index is 13.5. The second-order valence-corrected chi connectivity index (χ2v) is 4.40. The van der Waals surface area contributed by atoms with Crippen LogP contribution in [0.5, 0.6) is 5.75 Å². The lowest BCUT2D eigenvalue weighted by molar-refractivity contribution is 0.415. The van der Waals surface area contributed by atoms with Gasteiger partial charge < -0.3 is 4.74 Å². The van der Waals surface area contributed by atoms with Crippen LogP contribution < -0.4 is 4.74 Å². The van der Waals surface area contributed by atoms with Crippen LogP contribution in [0.1, 0.15) is 16.7 Å². The molecule has 0 unspecified atom stereocenters. The van der Waals surface area contributed by atoms with Gasteiger partial charge in [0.25, 0.3) is 0 Å². The maximum atomic E-state index is 13.5. The van der Waals surface area contributed by atoms with Gasteiger partial charge in [-0.25, -0.2) is 8.78 Å². The first-order valence-electron chi connectivity index (χ1n) is 6.26. The van der Waals surface area contributed by atoms with E-state index in [1.807, 2.05) is 0 Å². The van der Waals surface area contributed by atoms with Gasteiger partial charge in [0.05, 0.1) is 25.1 Å². The van der Waals surface area contributed by atoms with Crippen molar-refractivity contribution < 1.29 is 13.5 Å². The molecule has 0 bridgehead atoms. The van der Waals surface area contributed by atoms with Gasteiger partial charge in [0.15, 0.2) is 0 Å². The van der Waals surface area contributed by atoms with Crippen molar-refractivity contribution in [3.8, 4) is 5.75 Å². The van der Waals surface area contributed by atoms with Gasteiger partial charge in [-0.3, -0.25) is 0 Å². The molecule has 5 heteroatoms. The van der Waals surface area contributed by atoms with Gasteiger partial charge in [0.2, 0.25) is 0 Å². The number of aryl methyl sites for hydroxylation is 1. The van der Waals surface area contributed by atoms with Crippen molar-refractivity contribution in [1.82, 2.24) is 0 Å². The molecule has 0 radical (unpaired) electrons. The number of hydrogen-bond acceptors (Lipinski definition) is 3. The summed E-state index contributed by atoms with van der Waals surface area (Å²) in [5.41, 5.74) is 1.12. The summed E-state index contributed by atoms with van der Waals surface area (Å²) >= 11 is 0. The Kier molecular flexibility index (Phi) is 4.77. The van der Waals surface area contributed by atoms with Crippen molar-refractivity contribution in [2.45, 2.75) is 6.92 Å². The highest BCUT2D eigenvalue weighted by Crippen LogP contribution is 2.13. The number of ether oxygens (including phenoxy) is 1. The fraction of sp³-hybridized carbons (Fsp3) is 0.125. The standard InChI is InChI=1S/C16H14F2N2O/c1-11-7-15(17)14(16(18)8-11)10-20-19-9-12-3-5-13(21-2)6-4-12/h3-10H,1-2H3/b19-9+,20-10+. The molecule has 2 aromatic rings. The molecule has 0 fully saturated rings. The minimum absolute atomic E-state index is 0.201. The Morgan fingerprint density at radius 3 is 2.10 bits per heavy atom. The third-order valence-electron chi connectivity index (χ3n) is 2.80. The first-order valence-corrected chi connectivity index (χ1v) is 6.26. The van der Waals surface area contributed by atoms with Crippen molar-refractivity contribution in [3.05, 3.63) is 64.7 Å². The SMILES string of the molecule is COc1ccc(/C=N/N=C/c2c(F)cc(C)cc2F)cc1. The molecule has 108 valence electrons. The molecule has 0 atom stereocenters. The smallest absolute Gasteiger partial charge is 0.135 e. The Morgan fingerprint density at radius 2 is 1.52 bits per heavy atom. The van der Waals surface area contributed by atoms with E-state index >= 15 is 0 Å². The van der Waals surface area contributed by atoms with E-state index in [0.717, 1.165) is 17.5 Å². The van der Waals surface area contributed by atoms with E-state index in [0.29, 0.717) is 5.56 Å². The minimum Gasteiger partial charge on any atom is -0.497 e. The van der Waals surface area contributed by atoms with Gasteiger partial charge in [-0.1, -0.05) is 0 Å². The van der Waals surface area contributed by atoms with E-state index in [1.165, 1.54) is 18.3 Å². The summed E-state index contributed by atoms with van der Waals surface area (Å²) in [5, 5.41) is 7.43. The van der Waals surface area contributed by atoms with Crippen molar-refractivity contribution in [3.63, 3.8) is 0 Å². The third kappa shape index (κ3) is 3.95. The van der Waals surface area contributed by atoms with Crippen molar-refractivity contribution in [1.29, 1.82) is 0 Å². The molecule has 3 nitrogen and oxygen atoms in total. The molecule has 0 N–H and O–H groups in total. The summed E-state index contributed by atoms with van der Waals surface area (Å²) in [4.78, 5) is 0. The van der Waals surface area contributed by atoms with Crippen LogP contribution in [0.4, 0.5) is 8.78 Å². The van der Waals surface area contributed by atoms with Crippen LogP contribution in [0.2, 0.25) is 0 Å². The Bertz CT molecular complexity index is 656. The van der Waals surface area contributed by atoms with Crippen LogP contribution in [0, 0.1) is 18.6 Å². The molecule has 0 amide bonds. The monoisotopic (exact) mass is 288 g/mol. The third-order valence-corrected chi connectivity index (χ3v) is 2.80. The molecule has 0 aliphatic rings. The molecule has 2 rings (SSSR count). The van der Waals surface area contributed by atoms with Crippen LogP contribution in [-0.2, 0) is 0 Å². The van der Waals surface area contributed by atoms with Gasteiger partial charge in [0.1, 0.15) is 17.4 Å². The summed E-state index contributed by atoms with van der Waals surface area (Å²) in [6, 6.07) is 9.65. The summed E-state index contributed by atoms with van der Waals surface area (Å²) in [6.07, 6.45) is 2.55. The average Bonchev–Trinajstić information content (AvgIpc) is 2.46. The molecule has 0 heterocycles. The number of methoxy groups -OCH3 is 1. The van der Waals surface area contributed by atoms with Crippen LogP contribution in [-0.4, -0.2) is 19.5 Å². The fourth-order valence-corrected chi connectivity index (χ4v) is 1.72. The maximum Gasteiger partial charge on any atom is 0.135 e. The van der Waals surface area contributed by atoms with Crippen molar-refractivity contribution in [2.75, 3.05) is 7.11 Å². The van der Waals surface area contributed by atoms with Gasteiger partial charge in [-0.15, -0.1) is 0 Å². The first-order chi connectivity index (χ1) is 10.1. The summed E-state index contributed by atoms with van der Waals surface area (Å²) in [7, 11) is 1.58. The van der Waals surface area contributed by atoms with E-state index < -0.39 is 11.6 Å². The zero-order valence-corrected chi connectivity index (χ0v) is 11.7. The van der Waals surface area contributed by atoms with E-state index in [9.17, 15) is 8.78 Å². The molecule has 0 saturated carbocycles. The highest BCUT2D eigenvalue weighted by atomic mass is 19.1. The molecule has 0 aliphatic heterocycles. The molecule has 0 aliphatic carbocycles. The van der Waals surface area contributed by atoms with E-state index in [4.69, 9.17) is 4.74 Å². The predicted octanol–water partition coefficient (Wildman–Crippen LogP) is 3.73. The zero-order chi connectivity index (χ0) is 15.2. The molecular weight excluding hydrogens is 274 g/mol. The highest BCUT2D eigenvalue weighted by Gasteiger charge is 2.07. The lowest BCUT2D eigenvalue weighted by Crippen LogP contribution is -1.95. The summed E-state index contributed by atoms with van der Waals surface area (Å²) in [6.45, 7) is 1.62. The van der Waals surface area contributed by atoms with Crippen LogP contribution in [0.3, 0.4) is 0 Å². The summed E-state index contributed by atoms with van der Waals surface area (Å²) < 4.78 is 32.1. The Labute approximate surface area is 121 Å². The number of halogens is 2. The molecular formula is C16H14F2N2O. The second-order valence-electron chi connectivity index (χ2n) is 4.40. The van der Waals surface area contributed by atoms with Gasteiger partial charge in [-0.05, 0) is 54.4 Å². The number of benzene rings is 2. The first kappa shape index (κ1) is 14.8. The largest absolute Gasteiger partial charge is 0.497 e. The fourth-order valence-electron chi connectivity index (χ4n) is 1.72. The predicted molar refractivity (Wildman–Crippen MR) is 79.3 cm³/mol. The van der Waals surface area contributed by atoms with Crippen LogP contribution in [0.15, 0.2) is 46.6 Å². The Hall–Kier alpha value is -2.56. The van der Waals surface area contributed by atoms with E-state index in [2.05, 4.69) is 10.2 Å². The van der Waals surface area contributed by atoms with Gasteiger partial charge in [-0.2, -0.15) is 10.2 Å². The van der Waals surface area contributed by atoms with Crippen LogP contribution in [0.25, 0.3) is 0 Å². The summed E-state index contributed by atoms with van der Waals surface area (Å²) in [5.74, 6) is -0.578. The van der Waals surface area contributed by atoms with Crippen LogP contribution >= 0.6 is 0 Å². The number of hydrogen-bond donors (Lipinski definition) is 0. The van der Waals surface area contributed by atoms with E-state index in [1.54, 1.807) is 38.3 Å². The topological polar surface area (TPSA) is 34.0 Å². The Balaban J connectivity index is 2.09. The molecule has 0 spiro atoms. The van der Waals surface area contributed by atoms with Crippen molar-refractivity contribution in [2.24, 2.45) is 10.2 Å². The Morgan fingerprint density at radius 1 is 0.952 bits per heavy atom. The lowest BCUT2D eigenvalue weighted by atomic mass is 10.1. The quantitative estimate of drug-likeness (QED) is 0.623. The highest BCUT2D eigenvalue weighted by molar-refractivity contribution is 5.83. The normalized spacial score (nSPS) is 11.4. The lowest BCUT2D eigenvalue weighted by Gasteiger charge is -2.00. The average molecular weight is 288 g/mol. The minimum atomic E-state index is -0.657. The molecule has 0 aromatic heterocycles. The van der Waals surface area contributed by atoms with Gasteiger partial charge in [0, 0.05) is 0 Å². The molecule has 21 heavy (non-hydrogen) atoms. The molecule has 0 saturated heterocycles. The van der Waals surface area contributed by atoms with Gasteiger partial charge >= 0.3 is 0 Å².